The fraction of sp³-hybridized carbons (Fsp3) is 0.222. The summed E-state index contributed by atoms with van der Waals surface area (Å²) in [5.74, 6) is -0.340. The van der Waals surface area contributed by atoms with Crippen molar-refractivity contribution in [3.63, 3.8) is 0 Å². The second-order valence-electron chi connectivity index (χ2n) is 5.16. The van der Waals surface area contributed by atoms with Crippen LogP contribution in [0.2, 0.25) is 0 Å². The average molecular weight is 350 g/mol. The molecule has 5 heteroatoms. The molecule has 0 aromatic heterocycles. The third kappa shape index (κ3) is 6.37. The molecule has 0 aliphatic rings. The maximum absolute atomic E-state index is 12.1. The molecular weight excluding hydrogens is 331 g/mol. The Balaban J connectivity index is 0.00000264. The van der Waals surface area contributed by atoms with Crippen LogP contribution < -0.4 is 11.1 Å². The molecule has 0 spiro atoms. The van der Waals surface area contributed by atoms with Crippen LogP contribution in [-0.2, 0) is 39.5 Å². The molecule has 0 heterocycles. The van der Waals surface area contributed by atoms with Gasteiger partial charge in [-0.05, 0) is 24.0 Å². The predicted octanol–water partition coefficient (Wildman–Crippen LogP) is 1.39. The number of carbonyl (C=O) groups is 1. The van der Waals surface area contributed by atoms with Gasteiger partial charge in [-0.3, -0.25) is 4.79 Å². The Bertz CT molecular complexity index is 605. The first-order chi connectivity index (χ1) is 10.7. The van der Waals surface area contributed by atoms with Crippen molar-refractivity contribution in [2.45, 2.75) is 24.9 Å². The van der Waals surface area contributed by atoms with Crippen LogP contribution in [0.25, 0.3) is 0 Å². The van der Waals surface area contributed by atoms with E-state index in [1.165, 1.54) is 0 Å². The molecule has 2 rings (SSSR count). The van der Waals surface area contributed by atoms with E-state index < -0.39 is 12.1 Å². The molecule has 0 saturated carbocycles. The van der Waals surface area contributed by atoms with Crippen LogP contribution >= 0.6 is 0 Å². The zero-order chi connectivity index (χ0) is 15.8. The van der Waals surface area contributed by atoms with E-state index >= 15 is 0 Å². The molecule has 0 unspecified atom stereocenters. The number of nitrogens with two attached hydrogens (primary N) is 1. The molecule has 0 saturated heterocycles. The van der Waals surface area contributed by atoms with Crippen molar-refractivity contribution in [1.29, 1.82) is 0 Å². The van der Waals surface area contributed by atoms with Crippen LogP contribution in [0.15, 0.2) is 60.7 Å². The Morgan fingerprint density at radius 1 is 0.957 bits per heavy atom. The van der Waals surface area contributed by atoms with Crippen LogP contribution in [0, 0.1) is 0 Å². The first kappa shape index (κ1) is 19.1. The quantitative estimate of drug-likeness (QED) is 0.586. The van der Waals surface area contributed by atoms with Crippen molar-refractivity contribution >= 4 is 12.2 Å². The van der Waals surface area contributed by atoms with E-state index in [1.807, 2.05) is 66.9 Å². The predicted molar refractivity (Wildman–Crippen MR) is 85.9 cm³/mol. The number of nitrogens with one attached hydrogen (secondary N) is 1. The van der Waals surface area contributed by atoms with Crippen molar-refractivity contribution in [3.8, 4) is 0 Å². The average Bonchev–Trinajstić information content (AvgIpc) is 2.56. The van der Waals surface area contributed by atoms with Gasteiger partial charge in [-0.1, -0.05) is 66.7 Å². The third-order valence-corrected chi connectivity index (χ3v) is 3.38. The van der Waals surface area contributed by atoms with Gasteiger partial charge in [0.15, 0.2) is 0 Å². The van der Waals surface area contributed by atoms with E-state index in [4.69, 9.17) is 5.73 Å². The van der Waals surface area contributed by atoms with Crippen LogP contribution in [0.5, 0.6) is 0 Å². The summed E-state index contributed by atoms with van der Waals surface area (Å²) in [6, 6.07) is 17.7. The molecule has 2 aromatic carbocycles. The third-order valence-electron chi connectivity index (χ3n) is 3.38. The van der Waals surface area contributed by atoms with Gasteiger partial charge in [0.05, 0.1) is 6.04 Å². The van der Waals surface area contributed by atoms with Crippen molar-refractivity contribution in [2.75, 3.05) is 0 Å². The van der Waals surface area contributed by atoms with Crippen molar-refractivity contribution in [2.24, 2.45) is 5.73 Å². The van der Waals surface area contributed by atoms with Gasteiger partial charge < -0.3 is 15.8 Å². The van der Waals surface area contributed by atoms with E-state index in [9.17, 15) is 9.59 Å². The number of amides is 1. The van der Waals surface area contributed by atoms with Crippen molar-refractivity contribution in [3.05, 3.63) is 71.8 Å². The van der Waals surface area contributed by atoms with E-state index in [0.29, 0.717) is 12.8 Å². The summed E-state index contributed by atoms with van der Waals surface area (Å²) < 4.78 is 0. The normalized spacial score (nSPS) is 12.6. The Labute approximate surface area is 146 Å². The van der Waals surface area contributed by atoms with Crippen LogP contribution in [0.4, 0.5) is 0 Å². The summed E-state index contributed by atoms with van der Waals surface area (Å²) in [7, 11) is 0. The largest absolute Gasteiger partial charge is 0.540 e. The van der Waals surface area contributed by atoms with Gasteiger partial charge in [-0.2, -0.15) is 0 Å². The Hall–Kier alpha value is -1.94. The zero-order valence-electron chi connectivity index (χ0n) is 12.6. The summed E-state index contributed by atoms with van der Waals surface area (Å²) in [5, 5.41) is 2.65. The van der Waals surface area contributed by atoms with Gasteiger partial charge >= 0.3 is 0 Å². The molecule has 2 atom stereocenters. The van der Waals surface area contributed by atoms with Crippen LogP contribution in [0.1, 0.15) is 11.1 Å². The van der Waals surface area contributed by atoms with Crippen LogP contribution in [0.3, 0.4) is 0 Å². The fourth-order valence-corrected chi connectivity index (χ4v) is 2.21. The summed E-state index contributed by atoms with van der Waals surface area (Å²) >= 11 is 0. The minimum Gasteiger partial charge on any atom is -0.540 e. The first-order valence-corrected chi connectivity index (χ1v) is 7.20. The molecule has 3 N–H and O–H groups in total. The molecule has 121 valence electrons. The van der Waals surface area contributed by atoms with Gasteiger partial charge in [-0.15, -0.1) is 0 Å². The number of rotatable bonds is 7. The van der Waals surface area contributed by atoms with E-state index in [-0.39, 0.29) is 23.0 Å². The van der Waals surface area contributed by atoms with Gasteiger partial charge in [0.1, 0.15) is 0 Å². The van der Waals surface area contributed by atoms with E-state index in [1.54, 1.807) is 0 Å². The van der Waals surface area contributed by atoms with Gasteiger partial charge in [0, 0.05) is 17.1 Å². The molecule has 1 radical (unpaired) electrons. The molecule has 1 amide bonds. The smallest absolute Gasteiger partial charge is 0.235 e. The standard InChI is InChI=1S/C18H19N2O2.Mn/c19-17(12-15-9-5-2-6-10-15)18(22)20-16(13-21)11-14-7-3-1-4-8-14;/h1-10,16-17H,11-12,19H2,(H,20,22);/q-1;/t16-,17-;/m0./s1. The summed E-state index contributed by atoms with van der Waals surface area (Å²) in [5.41, 5.74) is 7.86. The number of hydrogen-bond acceptors (Lipinski definition) is 3. The summed E-state index contributed by atoms with van der Waals surface area (Å²) in [6.07, 6.45) is 2.71. The van der Waals surface area contributed by atoms with E-state index in [2.05, 4.69) is 5.32 Å². The molecule has 0 aliphatic heterocycles. The van der Waals surface area contributed by atoms with Gasteiger partial charge in [-0.25, -0.2) is 6.29 Å². The summed E-state index contributed by atoms with van der Waals surface area (Å²) in [4.78, 5) is 23.1. The Kier molecular flexibility index (Phi) is 8.27. The number of benzene rings is 2. The van der Waals surface area contributed by atoms with Gasteiger partial charge in [0.2, 0.25) is 5.91 Å². The molecule has 0 aliphatic carbocycles. The minimum atomic E-state index is -0.686. The second kappa shape index (κ2) is 9.95. The van der Waals surface area contributed by atoms with E-state index in [0.717, 1.165) is 11.1 Å². The maximum atomic E-state index is 12.1. The molecular formula is C18H19MnN2O2-. The Morgan fingerprint density at radius 2 is 1.43 bits per heavy atom. The Morgan fingerprint density at radius 3 is 1.91 bits per heavy atom. The fourth-order valence-electron chi connectivity index (χ4n) is 2.21. The monoisotopic (exact) mass is 350 g/mol. The van der Waals surface area contributed by atoms with Gasteiger partial charge in [0.25, 0.3) is 0 Å². The molecule has 0 fully saturated rings. The first-order valence-electron chi connectivity index (χ1n) is 7.20. The number of hydrogen-bond donors (Lipinski definition) is 2. The summed E-state index contributed by atoms with van der Waals surface area (Å²) in [6.45, 7) is 0. The topological polar surface area (TPSA) is 72.2 Å². The van der Waals surface area contributed by atoms with Crippen molar-refractivity contribution in [1.82, 2.24) is 5.32 Å². The zero-order valence-corrected chi connectivity index (χ0v) is 13.8. The second-order valence-corrected chi connectivity index (χ2v) is 5.16. The van der Waals surface area contributed by atoms with Crippen molar-refractivity contribution < 1.29 is 26.7 Å². The number of carbonyl (C=O) groups excluding carboxylic acids is 2. The molecule has 0 bridgehead atoms. The maximum Gasteiger partial charge on any atom is 0.235 e. The molecule has 2 aromatic rings. The molecule has 4 nitrogen and oxygen atoms in total. The van der Waals surface area contributed by atoms with Crippen LogP contribution in [-0.4, -0.2) is 24.3 Å². The molecule has 23 heavy (non-hydrogen) atoms. The SMILES string of the molecule is N[C@@H](Cc1ccccc1)C(=O)N[C@H]([C-]=O)Cc1ccccc1.[Mn]. The minimum absolute atomic E-state index is 0.